The molecule has 0 rings (SSSR count). The molecule has 0 aromatic heterocycles. The van der Waals surface area contributed by atoms with Crippen molar-refractivity contribution in [3.8, 4) is 0 Å². The van der Waals surface area contributed by atoms with E-state index in [4.69, 9.17) is 25.4 Å². The topological polar surface area (TPSA) is 101 Å². The maximum Gasteiger partial charge on any atom is 0.432 e. The van der Waals surface area contributed by atoms with Gasteiger partial charge in [-0.1, -0.05) is 6.92 Å². The monoisotopic (exact) mass is 166 g/mol. The van der Waals surface area contributed by atoms with Crippen LogP contribution in [0.3, 0.4) is 0 Å². The lowest BCUT2D eigenvalue weighted by Crippen LogP contribution is -2.29. The summed E-state index contributed by atoms with van der Waals surface area (Å²) < 4.78 is 0. The van der Waals surface area contributed by atoms with Gasteiger partial charge in [0.05, 0.1) is 19.8 Å². The summed E-state index contributed by atoms with van der Waals surface area (Å²) in [5.74, 6) is 0. The van der Waals surface area contributed by atoms with Gasteiger partial charge in [0, 0.05) is 5.41 Å². The molecule has 0 radical (unpaired) electrons. The number of hydrogen-bond donors (Lipinski definition) is 5. The smallest absolute Gasteiger partial charge is 0.430 e. The summed E-state index contributed by atoms with van der Waals surface area (Å²) in [6, 6.07) is 0. The van der Waals surface area contributed by atoms with Crippen molar-refractivity contribution in [2.45, 2.75) is 6.92 Å². The first-order valence-corrected chi connectivity index (χ1v) is 3.14. The van der Waals surface area contributed by atoms with Crippen LogP contribution in [-0.4, -0.2) is 52.9 Å². The number of rotatable bonds is 3. The molecule has 0 atom stereocenters. The Kier molecular flexibility index (Phi) is 9.74. The van der Waals surface area contributed by atoms with Gasteiger partial charge in [-0.2, -0.15) is 0 Å². The lowest BCUT2D eigenvalue weighted by molar-refractivity contribution is 0.0200. The van der Waals surface area contributed by atoms with Crippen molar-refractivity contribution in [3.63, 3.8) is 0 Å². The molecule has 6 heteroatoms. The van der Waals surface area contributed by atoms with Crippen molar-refractivity contribution < 1.29 is 25.4 Å². The molecule has 0 aromatic carbocycles. The zero-order valence-electron chi connectivity index (χ0n) is 6.56. The van der Waals surface area contributed by atoms with Gasteiger partial charge >= 0.3 is 7.69 Å². The molecule has 11 heavy (non-hydrogen) atoms. The summed E-state index contributed by atoms with van der Waals surface area (Å²) in [6.45, 7) is 1.06. The Morgan fingerprint density at radius 1 is 1.00 bits per heavy atom. The van der Waals surface area contributed by atoms with E-state index in [2.05, 4.69) is 0 Å². The average molecular weight is 166 g/mol. The second-order valence-corrected chi connectivity index (χ2v) is 2.43. The van der Waals surface area contributed by atoms with Crippen LogP contribution < -0.4 is 0 Å². The zero-order chi connectivity index (χ0) is 9.33. The SMILES string of the molecule is CC(CO)(CO)CO.OBO. The summed E-state index contributed by atoms with van der Waals surface area (Å²) in [6.07, 6.45) is 0. The fraction of sp³-hybridized carbons (Fsp3) is 1.00. The first-order chi connectivity index (χ1) is 5.10. The molecule has 0 aliphatic rings. The van der Waals surface area contributed by atoms with Gasteiger partial charge in [-0.25, -0.2) is 0 Å². The second-order valence-electron chi connectivity index (χ2n) is 2.43. The van der Waals surface area contributed by atoms with E-state index in [0.717, 1.165) is 0 Å². The highest BCUT2D eigenvalue weighted by molar-refractivity contribution is 6.13. The van der Waals surface area contributed by atoms with E-state index in [0.29, 0.717) is 0 Å². The van der Waals surface area contributed by atoms with Crippen molar-refractivity contribution >= 4 is 7.69 Å². The van der Waals surface area contributed by atoms with Crippen molar-refractivity contribution in [2.24, 2.45) is 5.41 Å². The zero-order valence-corrected chi connectivity index (χ0v) is 6.56. The van der Waals surface area contributed by atoms with Gasteiger partial charge in [0.25, 0.3) is 0 Å². The standard InChI is InChI=1S/C5H12O3.BH3O2/c1-5(2-6,3-7)4-8;2-1-3/h6-8H,2-4H2,1H3;1-3H. The number of aliphatic hydroxyl groups is 3. The minimum atomic E-state index is -0.750. The van der Waals surface area contributed by atoms with E-state index in [9.17, 15) is 0 Å². The predicted octanol–water partition coefficient (Wildman–Crippen LogP) is -2.79. The summed E-state index contributed by atoms with van der Waals surface area (Å²) >= 11 is 0. The lowest BCUT2D eigenvalue weighted by atomic mass is 9.95. The summed E-state index contributed by atoms with van der Waals surface area (Å²) in [5.41, 5.74) is -0.708. The molecule has 5 nitrogen and oxygen atoms in total. The Bertz CT molecular complexity index is 67.0. The quantitative estimate of drug-likeness (QED) is 0.291. The molecule has 0 aliphatic heterocycles. The average Bonchev–Trinajstić information content (AvgIpc) is 2.05. The van der Waals surface area contributed by atoms with E-state index >= 15 is 0 Å². The maximum absolute atomic E-state index is 8.47. The van der Waals surface area contributed by atoms with Crippen LogP contribution in [-0.2, 0) is 0 Å². The molecule has 0 fully saturated rings. The highest BCUT2D eigenvalue weighted by atomic mass is 16.4. The van der Waals surface area contributed by atoms with Crippen molar-refractivity contribution in [1.82, 2.24) is 0 Å². The van der Waals surface area contributed by atoms with E-state index < -0.39 is 13.1 Å². The lowest BCUT2D eigenvalue weighted by Gasteiger charge is -2.20. The Labute approximate surface area is 66.2 Å². The fourth-order valence-corrected chi connectivity index (χ4v) is 0.150. The summed E-state index contributed by atoms with van der Waals surface area (Å²) in [7, 11) is -0.750. The Morgan fingerprint density at radius 2 is 1.18 bits per heavy atom. The van der Waals surface area contributed by atoms with Gasteiger partial charge in [0.15, 0.2) is 0 Å². The molecule has 5 N–H and O–H groups in total. The summed E-state index contributed by atoms with van der Waals surface area (Å²) in [4.78, 5) is 0. The van der Waals surface area contributed by atoms with E-state index in [-0.39, 0.29) is 19.8 Å². The van der Waals surface area contributed by atoms with E-state index in [1.54, 1.807) is 6.92 Å². The molecule has 0 unspecified atom stereocenters. The van der Waals surface area contributed by atoms with Gasteiger partial charge < -0.3 is 25.4 Å². The molecular weight excluding hydrogens is 151 g/mol. The molecular formula is C5H15BO5. The van der Waals surface area contributed by atoms with Gasteiger partial charge in [0.1, 0.15) is 0 Å². The van der Waals surface area contributed by atoms with E-state index in [1.165, 1.54) is 0 Å². The molecule has 0 saturated carbocycles. The normalized spacial score (nSPS) is 10.0. The third-order valence-corrected chi connectivity index (χ3v) is 1.15. The molecule has 68 valence electrons. The minimum Gasteiger partial charge on any atom is -0.430 e. The molecule has 0 bridgehead atoms. The first-order valence-electron chi connectivity index (χ1n) is 3.14. The molecule has 0 aliphatic carbocycles. The third kappa shape index (κ3) is 7.76. The van der Waals surface area contributed by atoms with Crippen molar-refractivity contribution in [2.75, 3.05) is 19.8 Å². The fourth-order valence-electron chi connectivity index (χ4n) is 0.150. The molecule has 0 heterocycles. The molecule has 0 spiro atoms. The predicted molar refractivity (Wildman–Crippen MR) is 41.0 cm³/mol. The molecule has 0 saturated heterocycles. The van der Waals surface area contributed by atoms with Crippen molar-refractivity contribution in [1.29, 1.82) is 0 Å². The van der Waals surface area contributed by atoms with Crippen LogP contribution in [0.15, 0.2) is 0 Å². The third-order valence-electron chi connectivity index (χ3n) is 1.15. The minimum absolute atomic E-state index is 0.181. The van der Waals surface area contributed by atoms with Crippen LogP contribution in [0.1, 0.15) is 6.92 Å². The van der Waals surface area contributed by atoms with Crippen LogP contribution in [0.2, 0.25) is 0 Å². The van der Waals surface area contributed by atoms with Crippen LogP contribution >= 0.6 is 0 Å². The van der Waals surface area contributed by atoms with Crippen molar-refractivity contribution in [3.05, 3.63) is 0 Å². The van der Waals surface area contributed by atoms with Crippen LogP contribution in [0, 0.1) is 5.41 Å². The Hall–Kier alpha value is -0.135. The Balaban J connectivity index is 0. The largest absolute Gasteiger partial charge is 0.432 e. The van der Waals surface area contributed by atoms with Gasteiger partial charge in [0.2, 0.25) is 0 Å². The first kappa shape index (κ1) is 13.5. The number of hydrogen-bond acceptors (Lipinski definition) is 5. The van der Waals surface area contributed by atoms with Gasteiger partial charge in [-0.05, 0) is 0 Å². The number of aliphatic hydroxyl groups excluding tert-OH is 3. The highest BCUT2D eigenvalue weighted by Gasteiger charge is 2.20. The highest BCUT2D eigenvalue weighted by Crippen LogP contribution is 2.10. The summed E-state index contributed by atoms with van der Waals surface area (Å²) in [5, 5.41) is 39.6. The van der Waals surface area contributed by atoms with Crippen LogP contribution in [0.4, 0.5) is 0 Å². The molecule has 0 aromatic rings. The van der Waals surface area contributed by atoms with Gasteiger partial charge in [-0.15, -0.1) is 0 Å². The molecule has 0 amide bonds. The van der Waals surface area contributed by atoms with E-state index in [1.807, 2.05) is 0 Å². The van der Waals surface area contributed by atoms with Crippen LogP contribution in [0.25, 0.3) is 0 Å². The second kappa shape index (κ2) is 7.97. The Morgan fingerprint density at radius 3 is 1.18 bits per heavy atom. The van der Waals surface area contributed by atoms with Crippen LogP contribution in [0.5, 0.6) is 0 Å². The van der Waals surface area contributed by atoms with Gasteiger partial charge in [-0.3, -0.25) is 0 Å². The maximum atomic E-state index is 8.47.